The maximum Gasteiger partial charge on any atom is 0.221 e. The van der Waals surface area contributed by atoms with Crippen LogP contribution < -0.4 is 5.32 Å². The van der Waals surface area contributed by atoms with Gasteiger partial charge in [-0.1, -0.05) is 24.3 Å². The van der Waals surface area contributed by atoms with E-state index in [0.717, 1.165) is 18.6 Å². The average molecular weight is 249 g/mol. The van der Waals surface area contributed by atoms with Crippen molar-refractivity contribution in [1.29, 1.82) is 0 Å². The van der Waals surface area contributed by atoms with Gasteiger partial charge in [0.2, 0.25) is 5.91 Å². The molecule has 0 heterocycles. The molecule has 0 radical (unpaired) electrons. The molecular weight excluding hydrogens is 230 g/mol. The number of carbonyl (C=O) groups excluding carboxylic acids is 1. The first-order valence-corrected chi connectivity index (χ1v) is 7.56. The van der Waals surface area contributed by atoms with Crippen molar-refractivity contribution in [3.8, 4) is 0 Å². The summed E-state index contributed by atoms with van der Waals surface area (Å²) in [6, 6.07) is 8.69. The van der Waals surface area contributed by atoms with Crippen LogP contribution in [0, 0.1) is 0 Å². The van der Waals surface area contributed by atoms with Gasteiger partial charge in [-0.3, -0.25) is 4.79 Å². The second kappa shape index (κ2) is 6.10. The lowest BCUT2D eigenvalue weighted by atomic mass is 9.88. The van der Waals surface area contributed by atoms with Crippen molar-refractivity contribution >= 4 is 17.7 Å². The number of carbonyl (C=O) groups is 1. The molecular formula is C14H19NOS. The summed E-state index contributed by atoms with van der Waals surface area (Å²) in [5, 5.41) is 3.16. The minimum Gasteiger partial charge on any atom is -0.349 e. The number of amides is 1. The summed E-state index contributed by atoms with van der Waals surface area (Å²) in [6.45, 7) is 0. The maximum atomic E-state index is 11.8. The fourth-order valence-electron chi connectivity index (χ4n) is 2.37. The number of nitrogens with one attached hydrogen (secondary N) is 1. The summed E-state index contributed by atoms with van der Waals surface area (Å²) in [6.07, 6.45) is 6.04. The summed E-state index contributed by atoms with van der Waals surface area (Å²) >= 11 is 1.72. The van der Waals surface area contributed by atoms with Gasteiger partial charge in [0, 0.05) is 12.2 Å². The van der Waals surface area contributed by atoms with Gasteiger partial charge in [0.25, 0.3) is 0 Å². The van der Waals surface area contributed by atoms with E-state index in [4.69, 9.17) is 0 Å². The summed E-state index contributed by atoms with van der Waals surface area (Å²) in [5.74, 6) is 1.08. The standard InChI is InChI=1S/C14H19NOS/c1-17-10-9-14(16)15-13-8-4-6-11-5-2-3-7-12(11)13/h2-3,5,7,13H,4,6,8-10H2,1H3,(H,15,16)/t13-/m0/s1. The zero-order valence-corrected chi connectivity index (χ0v) is 11.1. The maximum absolute atomic E-state index is 11.8. The lowest BCUT2D eigenvalue weighted by Crippen LogP contribution is -2.31. The molecule has 1 aromatic carbocycles. The third kappa shape index (κ3) is 3.25. The highest BCUT2D eigenvalue weighted by Gasteiger charge is 2.20. The van der Waals surface area contributed by atoms with Crippen LogP contribution in [0.15, 0.2) is 24.3 Å². The number of fused-ring (bicyclic) bond motifs is 1. The highest BCUT2D eigenvalue weighted by atomic mass is 32.2. The Balaban J connectivity index is 2.01. The van der Waals surface area contributed by atoms with Crippen molar-refractivity contribution in [2.75, 3.05) is 12.0 Å². The molecule has 1 aromatic rings. The van der Waals surface area contributed by atoms with Gasteiger partial charge >= 0.3 is 0 Å². The third-order valence-electron chi connectivity index (χ3n) is 3.24. The van der Waals surface area contributed by atoms with Crippen LogP contribution in [0.5, 0.6) is 0 Å². The molecule has 3 heteroatoms. The summed E-state index contributed by atoms with van der Waals surface area (Å²) in [4.78, 5) is 11.8. The van der Waals surface area contributed by atoms with Gasteiger partial charge in [-0.25, -0.2) is 0 Å². The van der Waals surface area contributed by atoms with E-state index in [1.54, 1.807) is 11.8 Å². The number of rotatable bonds is 4. The van der Waals surface area contributed by atoms with Crippen LogP contribution in [-0.4, -0.2) is 17.9 Å². The molecule has 0 aliphatic heterocycles. The second-order valence-corrected chi connectivity index (χ2v) is 5.44. The molecule has 0 spiro atoms. The first kappa shape index (κ1) is 12.5. The Morgan fingerprint density at radius 2 is 2.29 bits per heavy atom. The largest absolute Gasteiger partial charge is 0.349 e. The Morgan fingerprint density at radius 3 is 3.12 bits per heavy atom. The number of thioether (sulfide) groups is 1. The Bertz CT molecular complexity index is 392. The minimum atomic E-state index is 0.182. The fourth-order valence-corrected chi connectivity index (χ4v) is 2.75. The molecule has 0 unspecified atom stereocenters. The molecule has 1 atom stereocenters. The van der Waals surface area contributed by atoms with Crippen molar-refractivity contribution in [2.45, 2.75) is 31.7 Å². The lowest BCUT2D eigenvalue weighted by Gasteiger charge is -2.26. The minimum absolute atomic E-state index is 0.182. The third-order valence-corrected chi connectivity index (χ3v) is 3.85. The van der Waals surface area contributed by atoms with Crippen molar-refractivity contribution in [3.63, 3.8) is 0 Å². The number of hydrogen-bond acceptors (Lipinski definition) is 2. The molecule has 0 saturated heterocycles. The number of hydrogen-bond donors (Lipinski definition) is 1. The van der Waals surface area contributed by atoms with Crippen LogP contribution in [0.2, 0.25) is 0 Å². The molecule has 0 bridgehead atoms. The van der Waals surface area contributed by atoms with Crippen molar-refractivity contribution in [1.82, 2.24) is 5.32 Å². The van der Waals surface area contributed by atoms with Gasteiger partial charge in [0.05, 0.1) is 6.04 Å². The summed E-state index contributed by atoms with van der Waals surface area (Å²) in [5.41, 5.74) is 2.71. The molecule has 0 aromatic heterocycles. The van der Waals surface area contributed by atoms with Crippen LogP contribution in [0.1, 0.15) is 36.4 Å². The van der Waals surface area contributed by atoms with Crippen molar-refractivity contribution in [3.05, 3.63) is 35.4 Å². The Morgan fingerprint density at radius 1 is 1.47 bits per heavy atom. The molecule has 1 N–H and O–H groups in total. The predicted molar refractivity (Wildman–Crippen MR) is 73.3 cm³/mol. The van der Waals surface area contributed by atoms with Gasteiger partial charge in [-0.05, 0) is 36.6 Å². The highest BCUT2D eigenvalue weighted by molar-refractivity contribution is 7.98. The highest BCUT2D eigenvalue weighted by Crippen LogP contribution is 2.29. The molecule has 0 fully saturated rings. The molecule has 92 valence electrons. The summed E-state index contributed by atoms with van der Waals surface area (Å²) < 4.78 is 0. The SMILES string of the molecule is CSCCC(=O)N[C@H]1CCCc2ccccc21. The van der Waals surface area contributed by atoms with E-state index in [-0.39, 0.29) is 11.9 Å². The van der Waals surface area contributed by atoms with Crippen molar-refractivity contribution < 1.29 is 4.79 Å². The van der Waals surface area contributed by atoms with Crippen LogP contribution in [-0.2, 0) is 11.2 Å². The first-order chi connectivity index (χ1) is 8.31. The van der Waals surface area contributed by atoms with Gasteiger partial charge in [0.15, 0.2) is 0 Å². The first-order valence-electron chi connectivity index (χ1n) is 6.17. The Kier molecular flexibility index (Phi) is 4.49. The zero-order valence-electron chi connectivity index (χ0n) is 10.2. The number of aryl methyl sites for hydroxylation is 1. The van der Waals surface area contributed by atoms with Gasteiger partial charge < -0.3 is 5.32 Å². The average Bonchev–Trinajstić information content (AvgIpc) is 2.37. The topological polar surface area (TPSA) is 29.1 Å². The zero-order chi connectivity index (χ0) is 12.1. The monoisotopic (exact) mass is 249 g/mol. The van der Waals surface area contributed by atoms with E-state index >= 15 is 0 Å². The molecule has 1 aliphatic carbocycles. The molecule has 2 rings (SSSR count). The quantitative estimate of drug-likeness (QED) is 0.889. The van der Waals surface area contributed by atoms with Crippen LogP contribution in [0.3, 0.4) is 0 Å². The van der Waals surface area contributed by atoms with E-state index in [1.807, 2.05) is 6.26 Å². The summed E-state index contributed by atoms with van der Waals surface area (Å²) in [7, 11) is 0. The Labute approximate surface area is 107 Å². The second-order valence-electron chi connectivity index (χ2n) is 4.45. The Hall–Kier alpha value is -0.960. The van der Waals surface area contributed by atoms with E-state index in [1.165, 1.54) is 17.5 Å². The molecule has 1 aliphatic rings. The number of benzene rings is 1. The van der Waals surface area contributed by atoms with Gasteiger partial charge in [0.1, 0.15) is 0 Å². The fraction of sp³-hybridized carbons (Fsp3) is 0.500. The van der Waals surface area contributed by atoms with Crippen LogP contribution in [0.4, 0.5) is 0 Å². The van der Waals surface area contributed by atoms with Gasteiger partial charge in [-0.15, -0.1) is 0 Å². The molecule has 2 nitrogen and oxygen atoms in total. The molecule has 17 heavy (non-hydrogen) atoms. The van der Waals surface area contributed by atoms with Crippen molar-refractivity contribution in [2.24, 2.45) is 0 Å². The van der Waals surface area contributed by atoms with Crippen LogP contribution in [0.25, 0.3) is 0 Å². The normalized spacial score (nSPS) is 18.5. The van der Waals surface area contributed by atoms with E-state index in [9.17, 15) is 4.79 Å². The van der Waals surface area contributed by atoms with E-state index in [2.05, 4.69) is 29.6 Å². The van der Waals surface area contributed by atoms with Gasteiger partial charge in [-0.2, -0.15) is 11.8 Å². The predicted octanol–water partition coefficient (Wildman–Crippen LogP) is 2.93. The lowest BCUT2D eigenvalue weighted by molar-refractivity contribution is -0.121. The van der Waals surface area contributed by atoms with Crippen LogP contribution >= 0.6 is 11.8 Å². The van der Waals surface area contributed by atoms with E-state index in [0.29, 0.717) is 6.42 Å². The van der Waals surface area contributed by atoms with E-state index < -0.39 is 0 Å². The smallest absolute Gasteiger partial charge is 0.221 e. The molecule has 1 amide bonds. The molecule has 0 saturated carbocycles.